The predicted molar refractivity (Wildman–Crippen MR) is 251 cm³/mol. The number of hydrogen-bond acceptors (Lipinski definition) is 3. The maximum atomic E-state index is 5.34. The van der Waals surface area contributed by atoms with Crippen molar-refractivity contribution in [2.75, 3.05) is 0 Å². The van der Waals surface area contributed by atoms with Gasteiger partial charge in [-0.2, -0.15) is 0 Å². The zero-order chi connectivity index (χ0) is 40.3. The number of benzene rings is 9. The Morgan fingerprint density at radius 3 is 1.48 bits per heavy atom. The molecule has 1 heterocycles. The highest BCUT2D eigenvalue weighted by Crippen LogP contribution is 2.60. The highest BCUT2D eigenvalue weighted by atomic mass is 15.0. The molecule has 2 aliphatic carbocycles. The van der Waals surface area contributed by atoms with Gasteiger partial charge in [-0.15, -0.1) is 0 Å². The number of hydrogen-bond donors (Lipinski definition) is 0. The summed E-state index contributed by atoms with van der Waals surface area (Å²) in [7, 11) is 0. The van der Waals surface area contributed by atoms with E-state index in [2.05, 4.69) is 212 Å². The van der Waals surface area contributed by atoms with Crippen molar-refractivity contribution < 1.29 is 0 Å². The van der Waals surface area contributed by atoms with Crippen molar-refractivity contribution in [3.05, 3.63) is 246 Å². The molecule has 284 valence electrons. The van der Waals surface area contributed by atoms with Crippen LogP contribution in [0.25, 0.3) is 90.5 Å². The molecular formula is C58H37N3. The second-order valence-electron chi connectivity index (χ2n) is 15.9. The molecule has 0 radical (unpaired) electrons. The third-order valence-corrected chi connectivity index (χ3v) is 12.5. The first-order valence-corrected chi connectivity index (χ1v) is 20.8. The van der Waals surface area contributed by atoms with E-state index in [4.69, 9.17) is 15.0 Å². The van der Waals surface area contributed by atoms with Crippen molar-refractivity contribution in [2.45, 2.75) is 5.41 Å². The normalized spacial score (nSPS) is 14.6. The van der Waals surface area contributed by atoms with Crippen LogP contribution in [0.4, 0.5) is 0 Å². The maximum absolute atomic E-state index is 5.34. The Bertz CT molecular complexity index is 3270. The lowest BCUT2D eigenvalue weighted by Gasteiger charge is -2.35. The molecule has 9 aromatic carbocycles. The van der Waals surface area contributed by atoms with Gasteiger partial charge in [0, 0.05) is 16.7 Å². The van der Waals surface area contributed by atoms with Gasteiger partial charge in [0.25, 0.3) is 0 Å². The van der Waals surface area contributed by atoms with Gasteiger partial charge in [0.15, 0.2) is 17.5 Å². The number of rotatable bonds is 5. The Labute approximate surface area is 355 Å². The van der Waals surface area contributed by atoms with Crippen LogP contribution < -0.4 is 0 Å². The summed E-state index contributed by atoms with van der Waals surface area (Å²) in [5.74, 6) is 1.88. The second kappa shape index (κ2) is 14.1. The molecule has 12 rings (SSSR count). The lowest BCUT2D eigenvalue weighted by Crippen LogP contribution is -2.30. The third kappa shape index (κ3) is 5.62. The molecule has 0 fully saturated rings. The summed E-state index contributed by atoms with van der Waals surface area (Å²) in [6.07, 6.45) is 4.56. The zero-order valence-electron chi connectivity index (χ0n) is 33.2. The lowest BCUT2D eigenvalue weighted by atomic mass is 9.65. The van der Waals surface area contributed by atoms with Crippen LogP contribution in [0.2, 0.25) is 0 Å². The van der Waals surface area contributed by atoms with E-state index in [0.29, 0.717) is 17.5 Å². The van der Waals surface area contributed by atoms with Gasteiger partial charge in [0.1, 0.15) is 0 Å². The van der Waals surface area contributed by atoms with Crippen molar-refractivity contribution in [1.29, 1.82) is 0 Å². The van der Waals surface area contributed by atoms with E-state index in [1.807, 2.05) is 12.1 Å². The van der Waals surface area contributed by atoms with Crippen LogP contribution >= 0.6 is 0 Å². The highest BCUT2D eigenvalue weighted by Gasteiger charge is 2.49. The third-order valence-electron chi connectivity index (χ3n) is 12.5. The van der Waals surface area contributed by atoms with Gasteiger partial charge in [-0.3, -0.25) is 0 Å². The molecule has 61 heavy (non-hydrogen) atoms. The summed E-state index contributed by atoms with van der Waals surface area (Å²) >= 11 is 0. The van der Waals surface area contributed by atoms with E-state index in [0.717, 1.165) is 44.5 Å². The fraction of sp³-hybridized carbons (Fsp3) is 0.0172. The molecule has 10 aromatic rings. The zero-order valence-corrected chi connectivity index (χ0v) is 33.2. The minimum absolute atomic E-state index is 0.603. The molecule has 0 aliphatic heterocycles. The van der Waals surface area contributed by atoms with E-state index in [1.54, 1.807) is 0 Å². The molecule has 1 spiro atoms. The molecule has 0 saturated heterocycles. The fourth-order valence-corrected chi connectivity index (χ4v) is 9.80. The Hall–Kier alpha value is -8.01. The van der Waals surface area contributed by atoms with Gasteiger partial charge in [0.05, 0.1) is 5.41 Å². The molecular weight excluding hydrogens is 739 g/mol. The second-order valence-corrected chi connectivity index (χ2v) is 15.9. The molecule has 0 saturated carbocycles. The number of aromatic nitrogens is 3. The Kier molecular flexibility index (Phi) is 8.07. The number of fused-ring (bicyclic) bond motifs is 11. The van der Waals surface area contributed by atoms with Crippen LogP contribution in [0, 0.1) is 0 Å². The quantitative estimate of drug-likeness (QED) is 0.175. The average Bonchev–Trinajstić information content (AvgIpc) is 3.56. The topological polar surface area (TPSA) is 38.7 Å². The first-order valence-electron chi connectivity index (χ1n) is 20.8. The van der Waals surface area contributed by atoms with Gasteiger partial charge >= 0.3 is 0 Å². The largest absolute Gasteiger partial charge is 0.208 e. The van der Waals surface area contributed by atoms with Gasteiger partial charge in [-0.1, -0.05) is 206 Å². The van der Waals surface area contributed by atoms with Gasteiger partial charge in [-0.25, -0.2) is 15.0 Å². The van der Waals surface area contributed by atoms with Crippen LogP contribution in [-0.4, -0.2) is 15.0 Å². The van der Waals surface area contributed by atoms with Crippen LogP contribution in [0.3, 0.4) is 0 Å². The first kappa shape index (κ1) is 35.0. The molecule has 3 nitrogen and oxygen atoms in total. The predicted octanol–water partition coefficient (Wildman–Crippen LogP) is 14.2. The monoisotopic (exact) mass is 775 g/mol. The van der Waals surface area contributed by atoms with E-state index in [1.165, 1.54) is 49.7 Å². The van der Waals surface area contributed by atoms with Gasteiger partial charge in [0.2, 0.25) is 0 Å². The van der Waals surface area contributed by atoms with E-state index in [-0.39, 0.29) is 0 Å². The standard InChI is InChI=1S/C58H37N3/c1-3-15-38(16-4-1)43-21-13-23-45(35-43)55-59-56(46-24-14-22-44(36-46)39-17-5-2-6-18-39)61-57(60-55)47-32-31-42-30-29-41-20-8-11-27-50(41)58(53(42)37-47)51-28-12-10-26-49(51)54-48-25-9-7-19-40(48)33-34-52(54)58/h1-37H. The molecule has 1 atom stereocenters. The minimum atomic E-state index is -0.603. The fourth-order valence-electron chi connectivity index (χ4n) is 9.80. The van der Waals surface area contributed by atoms with E-state index in [9.17, 15) is 0 Å². The smallest absolute Gasteiger partial charge is 0.164 e. The van der Waals surface area contributed by atoms with Gasteiger partial charge in [-0.05, 0) is 95.7 Å². The minimum Gasteiger partial charge on any atom is -0.208 e. The van der Waals surface area contributed by atoms with Crippen LogP contribution in [0.15, 0.2) is 212 Å². The van der Waals surface area contributed by atoms with Crippen molar-refractivity contribution in [3.63, 3.8) is 0 Å². The summed E-state index contributed by atoms with van der Waals surface area (Å²) in [5.41, 5.74) is 16.6. The van der Waals surface area contributed by atoms with Crippen LogP contribution in [0.5, 0.6) is 0 Å². The maximum Gasteiger partial charge on any atom is 0.164 e. The van der Waals surface area contributed by atoms with Crippen molar-refractivity contribution in [1.82, 2.24) is 15.0 Å². The Balaban J connectivity index is 1.11. The molecule has 1 aromatic heterocycles. The lowest BCUT2D eigenvalue weighted by molar-refractivity contribution is 0.767. The molecule has 0 bridgehead atoms. The summed E-state index contributed by atoms with van der Waals surface area (Å²) in [6, 6.07) is 76.1. The molecule has 0 amide bonds. The highest BCUT2D eigenvalue weighted by molar-refractivity contribution is 6.05. The Morgan fingerprint density at radius 2 is 0.803 bits per heavy atom. The molecule has 0 N–H and O–H groups in total. The van der Waals surface area contributed by atoms with Crippen LogP contribution in [0.1, 0.15) is 33.4 Å². The molecule has 3 heteroatoms. The SMILES string of the molecule is C1=Cc2ccc(-c3nc(-c4cccc(-c5ccccc5)c4)nc(-c4cccc(-c5ccccc5)c4)n3)cc2C2(c3ccccc31)c1ccccc1-c1c2ccc2ccccc12. The van der Waals surface area contributed by atoms with Crippen molar-refractivity contribution >= 4 is 22.9 Å². The van der Waals surface area contributed by atoms with E-state index >= 15 is 0 Å². The van der Waals surface area contributed by atoms with Crippen LogP contribution in [-0.2, 0) is 5.41 Å². The summed E-state index contributed by atoms with van der Waals surface area (Å²) < 4.78 is 0. The molecule has 2 aliphatic rings. The number of nitrogens with zero attached hydrogens (tertiary/aromatic N) is 3. The average molecular weight is 776 g/mol. The first-order chi connectivity index (χ1) is 30.2. The van der Waals surface area contributed by atoms with Crippen molar-refractivity contribution in [2.24, 2.45) is 0 Å². The molecule has 1 unspecified atom stereocenters. The van der Waals surface area contributed by atoms with Crippen molar-refractivity contribution in [3.8, 4) is 67.5 Å². The summed E-state index contributed by atoms with van der Waals surface area (Å²) in [4.78, 5) is 15.9. The van der Waals surface area contributed by atoms with E-state index < -0.39 is 5.41 Å². The summed E-state index contributed by atoms with van der Waals surface area (Å²) in [5, 5.41) is 2.50. The summed E-state index contributed by atoms with van der Waals surface area (Å²) in [6.45, 7) is 0. The van der Waals surface area contributed by atoms with Gasteiger partial charge < -0.3 is 0 Å². The Morgan fingerprint density at radius 1 is 0.295 bits per heavy atom.